The van der Waals surface area contributed by atoms with Crippen molar-refractivity contribution in [2.45, 2.75) is 51.4 Å². The van der Waals surface area contributed by atoms with E-state index >= 15 is 0 Å². The highest BCUT2D eigenvalue weighted by atomic mass is 35.5. The molecule has 11 heteroatoms. The molecule has 38 heavy (non-hydrogen) atoms. The van der Waals surface area contributed by atoms with Crippen LogP contribution in [0.5, 0.6) is 5.75 Å². The van der Waals surface area contributed by atoms with Crippen LogP contribution in [-0.2, 0) is 17.5 Å². The lowest BCUT2D eigenvalue weighted by atomic mass is 10.1. The SMILES string of the molecule is CCCC[C@@H](COc1cnc(-c2ccc(C(F)(F)F)cc2Cl)nc1)Nc1ccc(CNCCC(=O)O)cc1. The molecule has 0 aliphatic rings. The lowest BCUT2D eigenvalue weighted by molar-refractivity contribution is -0.138. The molecule has 1 aromatic heterocycles. The van der Waals surface area contributed by atoms with E-state index in [0.29, 0.717) is 31.0 Å². The molecule has 3 N–H and O–H groups in total. The molecule has 2 aromatic carbocycles. The number of nitrogens with zero attached hydrogens (tertiary/aromatic N) is 2. The summed E-state index contributed by atoms with van der Waals surface area (Å²) in [5.41, 5.74) is 1.45. The lowest BCUT2D eigenvalue weighted by Crippen LogP contribution is -2.27. The summed E-state index contributed by atoms with van der Waals surface area (Å²) in [6.45, 7) is 3.47. The number of aromatic nitrogens is 2. The zero-order chi connectivity index (χ0) is 27.5. The van der Waals surface area contributed by atoms with E-state index in [0.717, 1.165) is 42.6 Å². The molecule has 204 valence electrons. The fourth-order valence-corrected chi connectivity index (χ4v) is 3.89. The number of ether oxygens (including phenoxy) is 1. The van der Waals surface area contributed by atoms with E-state index in [1.165, 1.54) is 18.5 Å². The topological polar surface area (TPSA) is 96.4 Å². The molecular formula is C27H30ClF3N4O3. The van der Waals surface area contributed by atoms with Crippen molar-refractivity contribution in [2.75, 3.05) is 18.5 Å². The van der Waals surface area contributed by atoms with Crippen LogP contribution < -0.4 is 15.4 Å². The minimum atomic E-state index is -4.48. The Hall–Kier alpha value is -3.37. The number of carboxylic acid groups (broad SMARTS) is 1. The molecule has 0 fully saturated rings. The molecule has 0 amide bonds. The van der Waals surface area contributed by atoms with Gasteiger partial charge in [0.25, 0.3) is 0 Å². The molecule has 1 atom stereocenters. The van der Waals surface area contributed by atoms with Crippen LogP contribution in [0.25, 0.3) is 11.4 Å². The van der Waals surface area contributed by atoms with E-state index < -0.39 is 17.7 Å². The van der Waals surface area contributed by atoms with Crippen molar-refractivity contribution in [3.8, 4) is 17.1 Å². The third-order valence-electron chi connectivity index (χ3n) is 5.69. The maximum atomic E-state index is 12.9. The van der Waals surface area contributed by atoms with Gasteiger partial charge in [-0.3, -0.25) is 4.79 Å². The van der Waals surface area contributed by atoms with E-state index in [9.17, 15) is 18.0 Å². The Labute approximate surface area is 224 Å². The Kier molecular flexibility index (Phi) is 10.7. The van der Waals surface area contributed by atoms with Crippen molar-refractivity contribution in [3.05, 3.63) is 71.0 Å². The fourth-order valence-electron chi connectivity index (χ4n) is 3.63. The second kappa shape index (κ2) is 14.0. The van der Waals surface area contributed by atoms with E-state index in [1.54, 1.807) is 0 Å². The maximum absolute atomic E-state index is 12.9. The summed E-state index contributed by atoms with van der Waals surface area (Å²) in [5.74, 6) is -0.194. The Morgan fingerprint density at radius 2 is 1.84 bits per heavy atom. The molecule has 0 spiro atoms. The van der Waals surface area contributed by atoms with Gasteiger partial charge in [-0.05, 0) is 42.3 Å². The number of nitrogens with one attached hydrogen (secondary N) is 2. The monoisotopic (exact) mass is 550 g/mol. The number of halogens is 4. The van der Waals surface area contributed by atoms with E-state index in [-0.39, 0.29) is 23.3 Å². The number of rotatable bonds is 14. The third kappa shape index (κ3) is 9.18. The van der Waals surface area contributed by atoms with Gasteiger partial charge in [0.1, 0.15) is 6.61 Å². The predicted octanol–water partition coefficient (Wildman–Crippen LogP) is 6.43. The smallest absolute Gasteiger partial charge is 0.416 e. The Bertz CT molecular complexity index is 1180. The number of aliphatic carboxylic acids is 1. The number of unbranched alkanes of at least 4 members (excludes halogenated alkanes) is 1. The molecule has 0 radical (unpaired) electrons. The largest absolute Gasteiger partial charge is 0.488 e. The highest BCUT2D eigenvalue weighted by molar-refractivity contribution is 6.33. The van der Waals surface area contributed by atoms with Crippen molar-refractivity contribution >= 4 is 23.3 Å². The predicted molar refractivity (Wildman–Crippen MR) is 140 cm³/mol. The first-order chi connectivity index (χ1) is 18.2. The molecule has 0 bridgehead atoms. The first kappa shape index (κ1) is 29.2. The number of anilines is 1. The molecule has 0 saturated heterocycles. The van der Waals surface area contributed by atoms with Crippen molar-refractivity contribution in [2.24, 2.45) is 0 Å². The normalized spacial score (nSPS) is 12.2. The number of benzene rings is 2. The van der Waals surface area contributed by atoms with Gasteiger partial charge in [0.05, 0.1) is 35.4 Å². The Balaban J connectivity index is 1.57. The molecule has 3 rings (SSSR count). The van der Waals surface area contributed by atoms with Gasteiger partial charge in [0, 0.05) is 24.3 Å². The van der Waals surface area contributed by atoms with Crippen LogP contribution in [0.2, 0.25) is 5.02 Å². The molecule has 0 aliphatic heterocycles. The summed E-state index contributed by atoms with van der Waals surface area (Å²) in [5, 5.41) is 15.2. The molecule has 0 aliphatic carbocycles. The van der Waals surface area contributed by atoms with Crippen LogP contribution in [0.1, 0.15) is 43.7 Å². The molecule has 0 unspecified atom stereocenters. The number of alkyl halides is 3. The van der Waals surface area contributed by atoms with Gasteiger partial charge in [-0.1, -0.05) is 43.5 Å². The van der Waals surface area contributed by atoms with Crippen molar-refractivity contribution in [3.63, 3.8) is 0 Å². The second-order valence-corrected chi connectivity index (χ2v) is 9.15. The number of carboxylic acids is 1. The summed E-state index contributed by atoms with van der Waals surface area (Å²) in [7, 11) is 0. The molecule has 0 saturated carbocycles. The van der Waals surface area contributed by atoms with Crippen molar-refractivity contribution in [1.82, 2.24) is 15.3 Å². The van der Waals surface area contributed by atoms with Crippen LogP contribution in [0.3, 0.4) is 0 Å². The molecule has 7 nitrogen and oxygen atoms in total. The van der Waals surface area contributed by atoms with Crippen LogP contribution in [0, 0.1) is 0 Å². The average Bonchev–Trinajstić information content (AvgIpc) is 2.89. The zero-order valence-corrected chi connectivity index (χ0v) is 21.6. The lowest BCUT2D eigenvalue weighted by Gasteiger charge is -2.20. The minimum Gasteiger partial charge on any atom is -0.488 e. The van der Waals surface area contributed by atoms with Gasteiger partial charge in [-0.2, -0.15) is 13.2 Å². The van der Waals surface area contributed by atoms with Gasteiger partial charge in [-0.15, -0.1) is 0 Å². The van der Waals surface area contributed by atoms with Gasteiger partial charge >= 0.3 is 12.1 Å². The van der Waals surface area contributed by atoms with Crippen molar-refractivity contribution in [1.29, 1.82) is 0 Å². The molecular weight excluding hydrogens is 521 g/mol. The minimum absolute atomic E-state index is 0.0264. The van der Waals surface area contributed by atoms with Crippen LogP contribution in [0.15, 0.2) is 54.9 Å². The van der Waals surface area contributed by atoms with Crippen LogP contribution in [-0.4, -0.2) is 40.2 Å². The van der Waals surface area contributed by atoms with Gasteiger partial charge < -0.3 is 20.5 Å². The van der Waals surface area contributed by atoms with Gasteiger partial charge in [-0.25, -0.2) is 9.97 Å². The maximum Gasteiger partial charge on any atom is 0.416 e. The fraction of sp³-hybridized carbons (Fsp3) is 0.370. The third-order valence-corrected chi connectivity index (χ3v) is 6.00. The first-order valence-electron chi connectivity index (χ1n) is 12.3. The Morgan fingerprint density at radius 1 is 1.13 bits per heavy atom. The van der Waals surface area contributed by atoms with E-state index in [1.807, 2.05) is 24.3 Å². The highest BCUT2D eigenvalue weighted by Gasteiger charge is 2.31. The van der Waals surface area contributed by atoms with Gasteiger partial charge in [0.15, 0.2) is 11.6 Å². The summed E-state index contributed by atoms with van der Waals surface area (Å²) in [6, 6.07) is 11.0. The van der Waals surface area contributed by atoms with E-state index in [4.69, 9.17) is 21.4 Å². The number of hydrogen-bond acceptors (Lipinski definition) is 6. The molecule has 1 heterocycles. The summed E-state index contributed by atoms with van der Waals surface area (Å²) in [6.07, 6.45) is 1.47. The summed E-state index contributed by atoms with van der Waals surface area (Å²) in [4.78, 5) is 19.0. The standard InChI is InChI=1S/C27H30ClF3N4O3/c1-2-3-4-21(35-20-8-5-18(6-9-20)14-32-12-11-25(36)37)17-38-22-15-33-26(34-16-22)23-10-7-19(13-24(23)28)27(29,30)31/h5-10,13,15-16,21,32,35H,2-4,11-12,14,17H2,1H3,(H,36,37)/t21-/m0/s1. The average molecular weight is 551 g/mol. The Morgan fingerprint density at radius 3 is 2.45 bits per heavy atom. The van der Waals surface area contributed by atoms with Crippen LogP contribution in [0.4, 0.5) is 18.9 Å². The van der Waals surface area contributed by atoms with Crippen molar-refractivity contribution < 1.29 is 27.8 Å². The van der Waals surface area contributed by atoms with Gasteiger partial charge in [0.2, 0.25) is 0 Å². The number of carbonyl (C=O) groups is 1. The van der Waals surface area contributed by atoms with Crippen LogP contribution >= 0.6 is 11.6 Å². The summed E-state index contributed by atoms with van der Waals surface area (Å²) >= 11 is 6.05. The zero-order valence-electron chi connectivity index (χ0n) is 20.9. The quantitative estimate of drug-likeness (QED) is 0.199. The number of hydrogen-bond donors (Lipinski definition) is 3. The first-order valence-corrected chi connectivity index (χ1v) is 12.6. The summed E-state index contributed by atoms with van der Waals surface area (Å²) < 4.78 is 44.6. The highest BCUT2D eigenvalue weighted by Crippen LogP contribution is 2.34. The second-order valence-electron chi connectivity index (χ2n) is 8.75. The molecule has 3 aromatic rings. The van der Waals surface area contributed by atoms with E-state index in [2.05, 4.69) is 27.5 Å².